The average Bonchev–Trinajstić information content (AvgIpc) is 2.09. The monoisotopic (exact) mass is 242 g/mol. The van der Waals surface area contributed by atoms with E-state index in [0.717, 1.165) is 6.07 Å². The molecule has 1 rings (SSSR count). The number of nitro groups is 1. The van der Waals surface area contributed by atoms with Gasteiger partial charge < -0.3 is 5.11 Å². The second-order valence-electron chi connectivity index (χ2n) is 2.16. The molecule has 0 bridgehead atoms. The van der Waals surface area contributed by atoms with Crippen LogP contribution in [0.3, 0.4) is 0 Å². The fourth-order valence-corrected chi connectivity index (χ4v) is 1.21. The number of hydrogen-bond acceptors (Lipinski definition) is 4. The van der Waals surface area contributed by atoms with Crippen molar-refractivity contribution in [1.82, 2.24) is 0 Å². The lowest BCUT2D eigenvalue weighted by Gasteiger charge is -1.99. The van der Waals surface area contributed by atoms with Crippen LogP contribution >= 0.6 is 15.9 Å². The van der Waals surface area contributed by atoms with Gasteiger partial charge in [0.05, 0.1) is 15.0 Å². The molecule has 1 aromatic carbocycles. The van der Waals surface area contributed by atoms with Crippen LogP contribution in [0.5, 0.6) is 5.75 Å². The number of nitro benzene ring substituents is 1. The average molecular weight is 243 g/mol. The van der Waals surface area contributed by atoms with Crippen molar-refractivity contribution in [3.63, 3.8) is 0 Å². The Morgan fingerprint density at radius 3 is 2.69 bits per heavy atom. The summed E-state index contributed by atoms with van der Waals surface area (Å²) in [6.07, 6.45) is 0. The largest absolute Gasteiger partial charge is 0.501 e. The predicted molar refractivity (Wildman–Crippen MR) is 47.2 cm³/mol. The summed E-state index contributed by atoms with van der Waals surface area (Å²) >= 11 is 2.88. The standard InChI is InChI=1S/C7H3BrN2O3/c8-6-4(3-9)1-2-5(7(6)11)10(12)13/h1-2,11H. The molecule has 1 aromatic rings. The topological polar surface area (TPSA) is 87.2 Å². The maximum atomic E-state index is 10.3. The molecule has 0 unspecified atom stereocenters. The van der Waals surface area contributed by atoms with Crippen LogP contribution in [0.15, 0.2) is 16.6 Å². The van der Waals surface area contributed by atoms with Gasteiger partial charge in [0.15, 0.2) is 0 Å². The summed E-state index contributed by atoms with van der Waals surface area (Å²) in [4.78, 5) is 9.59. The lowest BCUT2D eigenvalue weighted by Crippen LogP contribution is -1.90. The third-order valence-electron chi connectivity index (χ3n) is 1.41. The molecule has 66 valence electrons. The first-order chi connectivity index (χ1) is 6.07. The predicted octanol–water partition coefficient (Wildman–Crippen LogP) is 1.93. The van der Waals surface area contributed by atoms with Gasteiger partial charge in [-0.15, -0.1) is 0 Å². The second kappa shape index (κ2) is 3.41. The van der Waals surface area contributed by atoms with Gasteiger partial charge in [0.1, 0.15) is 6.07 Å². The van der Waals surface area contributed by atoms with Crippen LogP contribution in [-0.4, -0.2) is 10.0 Å². The zero-order valence-corrected chi connectivity index (χ0v) is 7.78. The summed E-state index contributed by atoms with van der Waals surface area (Å²) in [5, 5.41) is 28.1. The number of halogens is 1. The number of nitrogens with zero attached hydrogens (tertiary/aromatic N) is 2. The highest BCUT2D eigenvalue weighted by atomic mass is 79.9. The van der Waals surface area contributed by atoms with Crippen LogP contribution in [0.25, 0.3) is 0 Å². The first kappa shape index (κ1) is 9.48. The molecule has 0 fully saturated rings. The lowest BCUT2D eigenvalue weighted by molar-refractivity contribution is -0.386. The van der Waals surface area contributed by atoms with Crippen molar-refractivity contribution >= 4 is 21.6 Å². The number of phenolic OH excluding ortho intramolecular Hbond substituents is 1. The number of benzene rings is 1. The Morgan fingerprint density at radius 1 is 1.62 bits per heavy atom. The normalized spacial score (nSPS) is 9.23. The second-order valence-corrected chi connectivity index (χ2v) is 2.96. The van der Waals surface area contributed by atoms with Gasteiger partial charge in [0.25, 0.3) is 0 Å². The minimum absolute atomic E-state index is 0.0456. The summed E-state index contributed by atoms with van der Waals surface area (Å²) in [5.41, 5.74) is -0.269. The van der Waals surface area contributed by atoms with Gasteiger partial charge in [0, 0.05) is 6.07 Å². The number of aromatic hydroxyl groups is 1. The van der Waals surface area contributed by atoms with Gasteiger partial charge in [-0.1, -0.05) is 0 Å². The summed E-state index contributed by atoms with van der Waals surface area (Å²) in [5.74, 6) is -0.524. The van der Waals surface area contributed by atoms with Crippen molar-refractivity contribution in [2.24, 2.45) is 0 Å². The Balaban J connectivity index is 3.42. The summed E-state index contributed by atoms with van der Waals surface area (Å²) in [7, 11) is 0. The minimum Gasteiger partial charge on any atom is -0.501 e. The van der Waals surface area contributed by atoms with Gasteiger partial charge in [-0.25, -0.2) is 0 Å². The molecule has 0 aromatic heterocycles. The smallest absolute Gasteiger partial charge is 0.311 e. The highest BCUT2D eigenvalue weighted by Crippen LogP contribution is 2.35. The fraction of sp³-hybridized carbons (Fsp3) is 0. The zero-order chi connectivity index (χ0) is 10.0. The molecule has 0 atom stereocenters. The molecule has 1 N–H and O–H groups in total. The van der Waals surface area contributed by atoms with Gasteiger partial charge >= 0.3 is 5.69 Å². The van der Waals surface area contributed by atoms with E-state index in [4.69, 9.17) is 5.26 Å². The third kappa shape index (κ3) is 1.60. The molecule has 6 heteroatoms. The molecular weight excluding hydrogens is 240 g/mol. The molecule has 0 aliphatic rings. The van der Waals surface area contributed by atoms with Crippen LogP contribution < -0.4 is 0 Å². The molecule has 0 spiro atoms. The number of hydrogen-bond donors (Lipinski definition) is 1. The first-order valence-corrected chi connectivity index (χ1v) is 3.93. The molecule has 0 saturated heterocycles. The van der Waals surface area contributed by atoms with Gasteiger partial charge in [-0.3, -0.25) is 10.1 Å². The highest BCUT2D eigenvalue weighted by Gasteiger charge is 2.18. The third-order valence-corrected chi connectivity index (χ3v) is 2.21. The quantitative estimate of drug-likeness (QED) is 0.602. The molecule has 5 nitrogen and oxygen atoms in total. The Bertz CT molecular complexity index is 411. The van der Waals surface area contributed by atoms with Crippen LogP contribution in [0, 0.1) is 21.4 Å². The van der Waals surface area contributed by atoms with Gasteiger partial charge in [0.2, 0.25) is 5.75 Å². The number of nitriles is 1. The molecule has 0 amide bonds. The molecule has 13 heavy (non-hydrogen) atoms. The molecule has 0 saturated carbocycles. The number of rotatable bonds is 1. The molecular formula is C7H3BrN2O3. The Morgan fingerprint density at radius 2 is 2.23 bits per heavy atom. The van der Waals surface area contributed by atoms with E-state index < -0.39 is 16.4 Å². The highest BCUT2D eigenvalue weighted by molar-refractivity contribution is 9.10. The SMILES string of the molecule is N#Cc1ccc([N+](=O)[O-])c(O)c1Br. The van der Waals surface area contributed by atoms with E-state index >= 15 is 0 Å². The van der Waals surface area contributed by atoms with Crippen molar-refractivity contribution in [3.8, 4) is 11.8 Å². The van der Waals surface area contributed by atoms with Crippen molar-refractivity contribution in [1.29, 1.82) is 5.26 Å². The Labute approximate surface area is 81.5 Å². The van der Waals surface area contributed by atoms with Crippen LogP contribution in [0.2, 0.25) is 0 Å². The van der Waals surface area contributed by atoms with Crippen molar-refractivity contribution < 1.29 is 10.0 Å². The van der Waals surface area contributed by atoms with E-state index in [-0.39, 0.29) is 10.0 Å². The van der Waals surface area contributed by atoms with Crippen LogP contribution in [-0.2, 0) is 0 Å². The van der Waals surface area contributed by atoms with Crippen LogP contribution in [0.1, 0.15) is 5.56 Å². The molecule has 0 heterocycles. The van der Waals surface area contributed by atoms with Crippen molar-refractivity contribution in [2.75, 3.05) is 0 Å². The molecule has 0 radical (unpaired) electrons. The van der Waals surface area contributed by atoms with E-state index in [1.54, 1.807) is 6.07 Å². The van der Waals surface area contributed by atoms with E-state index in [0.29, 0.717) is 0 Å². The van der Waals surface area contributed by atoms with Crippen molar-refractivity contribution in [2.45, 2.75) is 0 Å². The maximum absolute atomic E-state index is 10.3. The van der Waals surface area contributed by atoms with Crippen molar-refractivity contribution in [3.05, 3.63) is 32.3 Å². The van der Waals surface area contributed by atoms with E-state index in [9.17, 15) is 15.2 Å². The zero-order valence-electron chi connectivity index (χ0n) is 6.19. The van der Waals surface area contributed by atoms with Crippen LogP contribution in [0.4, 0.5) is 5.69 Å². The fourth-order valence-electron chi connectivity index (χ4n) is 0.788. The molecule has 0 aliphatic heterocycles. The first-order valence-electron chi connectivity index (χ1n) is 3.14. The summed E-state index contributed by atoms with van der Waals surface area (Å²) in [6, 6.07) is 4.12. The maximum Gasteiger partial charge on any atom is 0.311 e. The van der Waals surface area contributed by atoms with Gasteiger partial charge in [-0.2, -0.15) is 5.26 Å². The van der Waals surface area contributed by atoms with E-state index in [1.807, 2.05) is 0 Å². The lowest BCUT2D eigenvalue weighted by atomic mass is 10.2. The Hall–Kier alpha value is -1.61. The van der Waals surface area contributed by atoms with Gasteiger partial charge in [-0.05, 0) is 22.0 Å². The number of phenols is 1. The Kier molecular flexibility index (Phi) is 2.49. The van der Waals surface area contributed by atoms with E-state index in [2.05, 4.69) is 15.9 Å². The summed E-state index contributed by atoms with van der Waals surface area (Å²) < 4.78 is 0.0456. The van der Waals surface area contributed by atoms with E-state index in [1.165, 1.54) is 6.07 Å². The summed E-state index contributed by atoms with van der Waals surface area (Å²) in [6.45, 7) is 0. The molecule has 0 aliphatic carbocycles. The minimum atomic E-state index is -0.721.